The van der Waals surface area contributed by atoms with Gasteiger partial charge in [-0.15, -0.1) is 0 Å². The summed E-state index contributed by atoms with van der Waals surface area (Å²) in [6.07, 6.45) is 15.2. The first-order valence-corrected chi connectivity index (χ1v) is 18.7. The SMILES string of the molecule is CCCCCCCCN(CCCS(=O)(=O)O)Cc1ccc(CN(CCCCCCCC)CCCS(=O)(=O)O)cc1. The highest BCUT2D eigenvalue weighted by molar-refractivity contribution is 7.86. The number of nitrogens with zero attached hydrogens (tertiary/aromatic N) is 2. The molecule has 0 saturated heterocycles. The summed E-state index contributed by atoms with van der Waals surface area (Å²) in [6, 6.07) is 8.47. The number of unbranched alkanes of at least 4 members (excludes halogenated alkanes) is 10. The smallest absolute Gasteiger partial charge is 0.264 e. The predicted octanol–water partition coefficient (Wildman–Crippen LogP) is 6.57. The maximum atomic E-state index is 11.2. The average molecular weight is 605 g/mol. The molecule has 10 heteroatoms. The van der Waals surface area contributed by atoms with Gasteiger partial charge in [0, 0.05) is 13.1 Å². The summed E-state index contributed by atoms with van der Waals surface area (Å²) in [5.74, 6) is -0.435. The lowest BCUT2D eigenvalue weighted by Gasteiger charge is -2.24. The minimum atomic E-state index is -3.95. The predicted molar refractivity (Wildman–Crippen MR) is 166 cm³/mol. The number of rotatable bonds is 26. The van der Waals surface area contributed by atoms with Gasteiger partial charge in [0.05, 0.1) is 11.5 Å². The van der Waals surface area contributed by atoms with E-state index in [1.54, 1.807) is 0 Å². The van der Waals surface area contributed by atoms with Crippen molar-refractivity contribution < 1.29 is 25.9 Å². The summed E-state index contributed by atoms with van der Waals surface area (Å²) in [7, 11) is -7.90. The highest BCUT2D eigenvalue weighted by Gasteiger charge is 2.12. The van der Waals surface area contributed by atoms with Gasteiger partial charge >= 0.3 is 0 Å². The van der Waals surface area contributed by atoms with Crippen molar-refractivity contribution in [2.45, 2.75) is 117 Å². The van der Waals surface area contributed by atoms with Gasteiger partial charge in [0.25, 0.3) is 20.2 Å². The summed E-state index contributed by atoms with van der Waals surface area (Å²) >= 11 is 0. The van der Waals surface area contributed by atoms with Crippen molar-refractivity contribution in [2.75, 3.05) is 37.7 Å². The van der Waals surface area contributed by atoms with Crippen molar-refractivity contribution in [1.29, 1.82) is 0 Å². The molecule has 0 radical (unpaired) electrons. The van der Waals surface area contributed by atoms with Crippen molar-refractivity contribution in [3.8, 4) is 0 Å². The zero-order valence-electron chi connectivity index (χ0n) is 25.1. The van der Waals surface area contributed by atoms with Crippen LogP contribution < -0.4 is 0 Å². The summed E-state index contributed by atoms with van der Waals surface area (Å²) in [4.78, 5) is 4.56. The maximum Gasteiger partial charge on any atom is 0.264 e. The molecule has 1 aromatic rings. The Balaban J connectivity index is 2.69. The Morgan fingerprint density at radius 3 is 1.12 bits per heavy atom. The molecule has 0 aromatic heterocycles. The molecule has 0 unspecified atom stereocenters. The van der Waals surface area contributed by atoms with E-state index in [0.717, 1.165) is 50.1 Å². The second-order valence-electron chi connectivity index (χ2n) is 11.2. The highest BCUT2D eigenvalue weighted by atomic mass is 32.2. The first-order valence-electron chi connectivity index (χ1n) is 15.4. The Kier molecular flexibility index (Phi) is 20.0. The standard InChI is InChI=1S/C30H56N2O6S2/c1-3-5-7-9-11-13-21-31(23-15-25-39(33,34)35)27-29-17-19-30(20-18-29)28-32(24-16-26-40(36,37)38)22-14-12-10-8-6-4-2/h17-20H,3-16,21-28H2,1-2H3,(H,33,34,35)(H,36,37,38). The van der Waals surface area contributed by atoms with E-state index in [2.05, 4.69) is 47.9 Å². The summed E-state index contributed by atoms with van der Waals surface area (Å²) in [5.41, 5.74) is 2.32. The molecule has 40 heavy (non-hydrogen) atoms. The van der Waals surface area contributed by atoms with E-state index in [-0.39, 0.29) is 11.5 Å². The molecule has 1 aromatic carbocycles. The number of hydrogen-bond acceptors (Lipinski definition) is 6. The second-order valence-corrected chi connectivity index (χ2v) is 14.3. The minimum Gasteiger partial charge on any atom is -0.299 e. The molecule has 0 atom stereocenters. The molecule has 2 N–H and O–H groups in total. The Morgan fingerprint density at radius 2 is 0.800 bits per heavy atom. The zero-order valence-corrected chi connectivity index (χ0v) is 26.7. The zero-order chi connectivity index (χ0) is 29.7. The van der Waals surface area contributed by atoms with Crippen molar-refractivity contribution in [3.05, 3.63) is 35.4 Å². The van der Waals surface area contributed by atoms with E-state index in [1.165, 1.54) is 64.2 Å². The van der Waals surface area contributed by atoms with Crippen LogP contribution in [0.3, 0.4) is 0 Å². The van der Waals surface area contributed by atoms with E-state index >= 15 is 0 Å². The molecule has 0 bridgehead atoms. The Labute approximate surface area is 245 Å². The molecule has 0 aliphatic heterocycles. The van der Waals surface area contributed by atoms with Gasteiger partial charge in [0.1, 0.15) is 0 Å². The van der Waals surface area contributed by atoms with Gasteiger partial charge in [0.2, 0.25) is 0 Å². The van der Waals surface area contributed by atoms with E-state index in [1.807, 2.05) is 0 Å². The first-order chi connectivity index (χ1) is 19.0. The number of benzene rings is 1. The fraction of sp³-hybridized carbons (Fsp3) is 0.800. The minimum absolute atomic E-state index is 0.217. The Bertz CT molecular complexity index is 889. The van der Waals surface area contributed by atoms with Crippen LogP contribution in [0.15, 0.2) is 24.3 Å². The van der Waals surface area contributed by atoms with Crippen molar-refractivity contribution >= 4 is 20.2 Å². The van der Waals surface area contributed by atoms with Crippen LogP contribution in [-0.4, -0.2) is 73.4 Å². The lowest BCUT2D eigenvalue weighted by Crippen LogP contribution is -2.28. The molecule has 0 saturated carbocycles. The number of hydrogen-bond donors (Lipinski definition) is 2. The molecule has 0 fully saturated rings. The lowest BCUT2D eigenvalue weighted by atomic mass is 10.1. The van der Waals surface area contributed by atoms with Crippen LogP contribution in [0.2, 0.25) is 0 Å². The monoisotopic (exact) mass is 604 g/mol. The van der Waals surface area contributed by atoms with Crippen molar-refractivity contribution in [1.82, 2.24) is 9.80 Å². The van der Waals surface area contributed by atoms with Gasteiger partial charge in [-0.2, -0.15) is 16.8 Å². The van der Waals surface area contributed by atoms with Gasteiger partial charge in [-0.05, 0) is 63.0 Å². The molecule has 0 amide bonds. The fourth-order valence-electron chi connectivity index (χ4n) is 4.98. The summed E-state index contributed by atoms with van der Waals surface area (Å²) in [6.45, 7) is 8.93. The van der Waals surface area contributed by atoms with Crippen LogP contribution >= 0.6 is 0 Å². The van der Waals surface area contributed by atoms with Gasteiger partial charge in [-0.1, -0.05) is 102 Å². The topological polar surface area (TPSA) is 115 Å². The summed E-state index contributed by atoms with van der Waals surface area (Å²) < 4.78 is 63.0. The normalized spacial score (nSPS) is 12.6. The molecular weight excluding hydrogens is 548 g/mol. The van der Waals surface area contributed by atoms with Crippen LogP contribution in [0.4, 0.5) is 0 Å². The van der Waals surface area contributed by atoms with Gasteiger partial charge in [-0.25, -0.2) is 0 Å². The Morgan fingerprint density at radius 1 is 0.500 bits per heavy atom. The molecule has 1 rings (SSSR count). The average Bonchev–Trinajstić information content (AvgIpc) is 2.87. The molecule has 0 aliphatic rings. The van der Waals surface area contributed by atoms with E-state index in [4.69, 9.17) is 9.11 Å². The van der Waals surface area contributed by atoms with Crippen LogP contribution in [0.5, 0.6) is 0 Å². The maximum absolute atomic E-state index is 11.2. The quantitative estimate of drug-likeness (QED) is 0.0902. The molecule has 234 valence electrons. The first kappa shape index (κ1) is 37.0. The largest absolute Gasteiger partial charge is 0.299 e. The third-order valence-corrected chi connectivity index (χ3v) is 8.85. The van der Waals surface area contributed by atoms with E-state index in [0.29, 0.717) is 25.9 Å². The van der Waals surface area contributed by atoms with Crippen molar-refractivity contribution in [3.63, 3.8) is 0 Å². The third kappa shape index (κ3) is 21.7. The van der Waals surface area contributed by atoms with Gasteiger partial charge < -0.3 is 0 Å². The Hall–Kier alpha value is -1.04. The molecule has 0 heterocycles. The van der Waals surface area contributed by atoms with E-state index < -0.39 is 20.2 Å². The summed E-state index contributed by atoms with van der Waals surface area (Å²) in [5, 5.41) is 0. The second kappa shape index (κ2) is 21.6. The molecule has 0 spiro atoms. The fourth-order valence-corrected chi connectivity index (χ4v) is 5.97. The molecule has 8 nitrogen and oxygen atoms in total. The van der Waals surface area contributed by atoms with Gasteiger partial charge in [-0.3, -0.25) is 18.9 Å². The van der Waals surface area contributed by atoms with E-state index in [9.17, 15) is 16.8 Å². The highest BCUT2D eigenvalue weighted by Crippen LogP contribution is 2.14. The molecular formula is C30H56N2O6S2. The van der Waals surface area contributed by atoms with Gasteiger partial charge in [0.15, 0.2) is 0 Å². The van der Waals surface area contributed by atoms with Crippen LogP contribution in [0.25, 0.3) is 0 Å². The van der Waals surface area contributed by atoms with Crippen molar-refractivity contribution in [2.24, 2.45) is 0 Å². The van der Waals surface area contributed by atoms with Crippen LogP contribution in [-0.2, 0) is 33.3 Å². The third-order valence-electron chi connectivity index (χ3n) is 7.24. The molecule has 0 aliphatic carbocycles. The lowest BCUT2D eigenvalue weighted by molar-refractivity contribution is 0.256. The van der Waals surface area contributed by atoms with Crippen LogP contribution in [0, 0.1) is 0 Å². The van der Waals surface area contributed by atoms with Crippen LogP contribution in [0.1, 0.15) is 115 Å².